The first kappa shape index (κ1) is 18.7. The number of anilines is 1. The topological polar surface area (TPSA) is 44.4 Å². The molecule has 1 unspecified atom stereocenters. The van der Waals surface area contributed by atoms with Crippen molar-refractivity contribution in [2.75, 3.05) is 25.0 Å². The van der Waals surface area contributed by atoms with Gasteiger partial charge in [0.1, 0.15) is 0 Å². The van der Waals surface area contributed by atoms with E-state index in [0.29, 0.717) is 17.6 Å². The maximum Gasteiger partial charge on any atom is 0.224 e. The number of rotatable bonds is 4. The minimum absolute atomic E-state index is 0.0233. The molecule has 1 aromatic carbocycles. The molecule has 1 heterocycles. The number of likely N-dealkylation sites (tertiary alicyclic amines) is 1. The smallest absolute Gasteiger partial charge is 0.224 e. The fourth-order valence-electron chi connectivity index (χ4n) is 3.02. The zero-order valence-electron chi connectivity index (χ0n) is 15.2. The summed E-state index contributed by atoms with van der Waals surface area (Å²) in [6.07, 6.45) is 1.93. The molecule has 2 N–H and O–H groups in total. The van der Waals surface area contributed by atoms with Crippen LogP contribution in [0.2, 0.25) is 0 Å². The second-order valence-electron chi connectivity index (χ2n) is 7.12. The SMILES string of the molecule is Cc1cccc(C)c1NC(=S)N1CCCC(C(=O)NCC(C)C)C1. The Hall–Kier alpha value is -1.62. The Morgan fingerprint density at radius 1 is 1.33 bits per heavy atom. The van der Waals surface area contributed by atoms with Gasteiger partial charge in [0.25, 0.3) is 0 Å². The van der Waals surface area contributed by atoms with Gasteiger partial charge in [-0.15, -0.1) is 0 Å². The van der Waals surface area contributed by atoms with Gasteiger partial charge in [0.15, 0.2) is 5.11 Å². The van der Waals surface area contributed by atoms with Crippen molar-refractivity contribution in [3.8, 4) is 0 Å². The third-order valence-electron chi connectivity index (χ3n) is 4.48. The van der Waals surface area contributed by atoms with E-state index in [-0.39, 0.29) is 11.8 Å². The van der Waals surface area contributed by atoms with Crippen molar-refractivity contribution in [2.24, 2.45) is 11.8 Å². The van der Waals surface area contributed by atoms with Crippen LogP contribution in [0.25, 0.3) is 0 Å². The number of aryl methyl sites for hydroxylation is 2. The van der Waals surface area contributed by atoms with Crippen LogP contribution in [0.1, 0.15) is 37.8 Å². The number of piperidine rings is 1. The Labute approximate surface area is 151 Å². The van der Waals surface area contributed by atoms with E-state index in [2.05, 4.69) is 61.4 Å². The molecular weight excluding hydrogens is 318 g/mol. The standard InChI is InChI=1S/C19H29N3OS/c1-13(2)11-20-18(23)16-9-6-10-22(12-16)19(24)21-17-14(3)7-5-8-15(17)4/h5,7-8,13,16H,6,9-12H2,1-4H3,(H,20,23)(H,21,24). The van der Waals surface area contributed by atoms with E-state index in [9.17, 15) is 4.79 Å². The molecule has 4 nitrogen and oxygen atoms in total. The van der Waals surface area contributed by atoms with Crippen LogP contribution in [0.15, 0.2) is 18.2 Å². The quantitative estimate of drug-likeness (QED) is 0.819. The van der Waals surface area contributed by atoms with Crippen molar-refractivity contribution in [3.63, 3.8) is 0 Å². The zero-order valence-corrected chi connectivity index (χ0v) is 16.0. The largest absolute Gasteiger partial charge is 0.356 e. The first-order valence-corrected chi connectivity index (χ1v) is 9.19. The number of benzene rings is 1. The molecule has 1 saturated heterocycles. The second-order valence-corrected chi connectivity index (χ2v) is 7.51. The number of hydrogen-bond acceptors (Lipinski definition) is 2. The summed E-state index contributed by atoms with van der Waals surface area (Å²) in [7, 11) is 0. The highest BCUT2D eigenvalue weighted by molar-refractivity contribution is 7.80. The third-order valence-corrected chi connectivity index (χ3v) is 4.84. The fraction of sp³-hybridized carbons (Fsp3) is 0.579. The molecule has 1 aliphatic heterocycles. The Kier molecular flexibility index (Phi) is 6.60. The normalized spacial score (nSPS) is 17.7. The molecule has 24 heavy (non-hydrogen) atoms. The number of nitrogens with one attached hydrogen (secondary N) is 2. The Bertz CT molecular complexity index is 580. The molecule has 1 amide bonds. The number of thiocarbonyl (C=S) groups is 1. The Morgan fingerprint density at radius 3 is 2.62 bits per heavy atom. The number of nitrogens with zero attached hydrogens (tertiary/aromatic N) is 1. The highest BCUT2D eigenvalue weighted by Gasteiger charge is 2.27. The predicted octanol–water partition coefficient (Wildman–Crippen LogP) is 3.48. The van der Waals surface area contributed by atoms with Crippen LogP contribution in [0.4, 0.5) is 5.69 Å². The van der Waals surface area contributed by atoms with Gasteiger partial charge < -0.3 is 15.5 Å². The van der Waals surface area contributed by atoms with Crippen molar-refractivity contribution in [1.82, 2.24) is 10.2 Å². The number of carbonyl (C=O) groups excluding carboxylic acids is 1. The number of amides is 1. The summed E-state index contributed by atoms with van der Waals surface area (Å²) in [5.41, 5.74) is 3.44. The van der Waals surface area contributed by atoms with Gasteiger partial charge in [-0.3, -0.25) is 4.79 Å². The summed E-state index contributed by atoms with van der Waals surface area (Å²) < 4.78 is 0. The molecule has 0 aromatic heterocycles. The van der Waals surface area contributed by atoms with Gasteiger partial charge in [-0.2, -0.15) is 0 Å². The van der Waals surface area contributed by atoms with E-state index in [1.807, 2.05) is 0 Å². The summed E-state index contributed by atoms with van der Waals surface area (Å²) in [5, 5.41) is 7.15. The first-order valence-electron chi connectivity index (χ1n) is 8.78. The predicted molar refractivity (Wildman–Crippen MR) is 104 cm³/mol. The summed E-state index contributed by atoms with van der Waals surface area (Å²) >= 11 is 5.60. The van der Waals surface area contributed by atoms with Gasteiger partial charge in [0.2, 0.25) is 5.91 Å². The average molecular weight is 348 g/mol. The van der Waals surface area contributed by atoms with Crippen LogP contribution >= 0.6 is 12.2 Å². The molecule has 2 rings (SSSR count). The van der Waals surface area contributed by atoms with Crippen LogP contribution in [0.3, 0.4) is 0 Å². The van der Waals surface area contributed by atoms with Crippen LogP contribution < -0.4 is 10.6 Å². The Balaban J connectivity index is 1.96. The summed E-state index contributed by atoms with van der Waals surface area (Å²) in [6, 6.07) is 6.21. The minimum Gasteiger partial charge on any atom is -0.356 e. The fourth-order valence-corrected chi connectivity index (χ4v) is 3.29. The van der Waals surface area contributed by atoms with Crippen molar-refractivity contribution in [1.29, 1.82) is 0 Å². The van der Waals surface area contributed by atoms with Gasteiger partial charge >= 0.3 is 0 Å². The molecule has 0 saturated carbocycles. The summed E-state index contributed by atoms with van der Waals surface area (Å²) in [4.78, 5) is 14.5. The van der Waals surface area contributed by atoms with Gasteiger partial charge in [-0.1, -0.05) is 32.0 Å². The van der Waals surface area contributed by atoms with E-state index in [1.165, 1.54) is 11.1 Å². The van der Waals surface area contributed by atoms with Crippen molar-refractivity contribution in [2.45, 2.75) is 40.5 Å². The highest BCUT2D eigenvalue weighted by Crippen LogP contribution is 2.22. The summed E-state index contributed by atoms with van der Waals surface area (Å²) in [6.45, 7) is 10.7. The number of hydrogen-bond donors (Lipinski definition) is 2. The lowest BCUT2D eigenvalue weighted by Gasteiger charge is -2.34. The lowest BCUT2D eigenvalue weighted by Crippen LogP contribution is -2.47. The Morgan fingerprint density at radius 2 is 2.00 bits per heavy atom. The molecule has 1 aromatic rings. The molecule has 1 atom stereocenters. The minimum atomic E-state index is 0.0233. The van der Waals surface area contributed by atoms with Crippen LogP contribution in [-0.2, 0) is 4.79 Å². The lowest BCUT2D eigenvalue weighted by atomic mass is 9.97. The van der Waals surface area contributed by atoms with Crippen molar-refractivity contribution < 1.29 is 4.79 Å². The molecule has 0 aliphatic carbocycles. The van der Waals surface area contributed by atoms with Crippen LogP contribution in [-0.4, -0.2) is 35.6 Å². The average Bonchev–Trinajstić information content (AvgIpc) is 2.56. The van der Waals surface area contributed by atoms with E-state index < -0.39 is 0 Å². The van der Waals surface area contributed by atoms with Crippen molar-refractivity contribution in [3.05, 3.63) is 29.3 Å². The van der Waals surface area contributed by atoms with Crippen molar-refractivity contribution >= 4 is 28.9 Å². The molecule has 1 aliphatic rings. The first-order chi connectivity index (χ1) is 11.4. The van der Waals surface area contributed by atoms with E-state index in [4.69, 9.17) is 12.2 Å². The van der Waals surface area contributed by atoms with E-state index >= 15 is 0 Å². The molecule has 0 radical (unpaired) electrons. The number of para-hydroxylation sites is 1. The lowest BCUT2D eigenvalue weighted by molar-refractivity contribution is -0.126. The molecule has 1 fully saturated rings. The maximum absolute atomic E-state index is 12.3. The molecule has 0 bridgehead atoms. The van der Waals surface area contributed by atoms with Crippen LogP contribution in [0.5, 0.6) is 0 Å². The van der Waals surface area contributed by atoms with Gasteiger partial charge in [-0.05, 0) is 56.0 Å². The maximum atomic E-state index is 12.3. The van der Waals surface area contributed by atoms with Crippen LogP contribution in [0, 0.1) is 25.7 Å². The zero-order chi connectivity index (χ0) is 17.7. The number of carbonyl (C=O) groups is 1. The highest BCUT2D eigenvalue weighted by atomic mass is 32.1. The molecule has 132 valence electrons. The second kappa shape index (κ2) is 8.47. The third kappa shape index (κ3) is 4.94. The monoisotopic (exact) mass is 347 g/mol. The van der Waals surface area contributed by atoms with E-state index in [0.717, 1.165) is 31.6 Å². The van der Waals surface area contributed by atoms with E-state index in [1.54, 1.807) is 0 Å². The molecular formula is C19H29N3OS. The summed E-state index contributed by atoms with van der Waals surface area (Å²) in [5.74, 6) is 0.652. The molecule has 5 heteroatoms. The molecule has 0 spiro atoms. The van der Waals surface area contributed by atoms with Gasteiger partial charge in [0.05, 0.1) is 5.92 Å². The van der Waals surface area contributed by atoms with Gasteiger partial charge in [0, 0.05) is 25.3 Å². The van der Waals surface area contributed by atoms with Gasteiger partial charge in [-0.25, -0.2) is 0 Å².